The maximum absolute atomic E-state index is 13.5. The maximum atomic E-state index is 13.5. The maximum Gasteiger partial charge on any atom is 0.413 e. The molecule has 0 aliphatic rings. The van der Waals surface area contributed by atoms with Crippen molar-refractivity contribution >= 4 is 12.0 Å². The molecule has 0 fully saturated rings. The van der Waals surface area contributed by atoms with Crippen LogP contribution in [-0.2, 0) is 16.1 Å². The zero-order valence-corrected chi connectivity index (χ0v) is 11.1. The average Bonchev–Trinajstić information content (AvgIpc) is 2.40. The minimum atomic E-state index is -0.809. The number of imide groups is 1. The number of methoxy groups -OCH3 is 1. The molecule has 1 N–H and O–H groups in total. The summed E-state index contributed by atoms with van der Waals surface area (Å²) in [7, 11) is 2.85. The third-order valence-electron chi connectivity index (χ3n) is 2.83. The van der Waals surface area contributed by atoms with E-state index in [0.29, 0.717) is 5.56 Å². The van der Waals surface area contributed by atoms with Crippen LogP contribution in [0.25, 0.3) is 0 Å². The van der Waals surface area contributed by atoms with Gasteiger partial charge in [0.05, 0.1) is 13.2 Å². The van der Waals surface area contributed by atoms with Crippen molar-refractivity contribution in [3.05, 3.63) is 35.6 Å². The van der Waals surface area contributed by atoms with E-state index < -0.39 is 18.0 Å². The van der Waals surface area contributed by atoms with Crippen LogP contribution in [0.1, 0.15) is 12.5 Å². The molecule has 2 amide bonds. The van der Waals surface area contributed by atoms with E-state index in [1.807, 2.05) is 0 Å². The standard InChI is InChI=1S/C13H17FN2O3/c1-9(12(17)15-13(18)19-3)16(2)8-10-6-4-5-7-11(10)14/h4-7,9H,8H2,1-3H3,(H,15,17,18)/t9-/m0/s1. The smallest absolute Gasteiger partial charge is 0.413 e. The van der Waals surface area contributed by atoms with Crippen LogP contribution in [0.4, 0.5) is 9.18 Å². The van der Waals surface area contributed by atoms with Gasteiger partial charge in [0, 0.05) is 12.1 Å². The molecular weight excluding hydrogens is 251 g/mol. The quantitative estimate of drug-likeness (QED) is 0.899. The highest BCUT2D eigenvalue weighted by atomic mass is 19.1. The minimum Gasteiger partial charge on any atom is -0.453 e. The van der Waals surface area contributed by atoms with E-state index in [1.54, 1.807) is 37.1 Å². The summed E-state index contributed by atoms with van der Waals surface area (Å²) in [5.41, 5.74) is 0.489. The fraction of sp³-hybridized carbons (Fsp3) is 0.385. The van der Waals surface area contributed by atoms with Crippen molar-refractivity contribution in [1.29, 1.82) is 0 Å². The highest BCUT2D eigenvalue weighted by molar-refractivity contribution is 5.94. The van der Waals surface area contributed by atoms with Gasteiger partial charge in [-0.15, -0.1) is 0 Å². The Morgan fingerprint density at radius 1 is 1.42 bits per heavy atom. The lowest BCUT2D eigenvalue weighted by Gasteiger charge is -2.23. The Kier molecular flexibility index (Phi) is 5.44. The van der Waals surface area contributed by atoms with E-state index in [9.17, 15) is 14.0 Å². The van der Waals surface area contributed by atoms with E-state index in [2.05, 4.69) is 10.1 Å². The lowest BCUT2D eigenvalue weighted by molar-refractivity contribution is -0.124. The summed E-state index contributed by atoms with van der Waals surface area (Å²) in [4.78, 5) is 24.2. The number of hydrogen-bond donors (Lipinski definition) is 1. The van der Waals surface area contributed by atoms with E-state index in [4.69, 9.17) is 0 Å². The van der Waals surface area contributed by atoms with Crippen LogP contribution < -0.4 is 5.32 Å². The van der Waals surface area contributed by atoms with Crippen LogP contribution >= 0.6 is 0 Å². The number of benzene rings is 1. The monoisotopic (exact) mass is 268 g/mol. The third-order valence-corrected chi connectivity index (χ3v) is 2.83. The number of nitrogens with zero attached hydrogens (tertiary/aromatic N) is 1. The summed E-state index contributed by atoms with van der Waals surface area (Å²) in [6.07, 6.45) is -0.809. The molecule has 0 aliphatic carbocycles. The van der Waals surface area contributed by atoms with Crippen LogP contribution in [0.15, 0.2) is 24.3 Å². The van der Waals surface area contributed by atoms with Crippen molar-refractivity contribution in [2.75, 3.05) is 14.2 Å². The summed E-state index contributed by atoms with van der Waals surface area (Å²) in [5.74, 6) is -0.819. The molecule has 1 atom stereocenters. The molecule has 1 aromatic carbocycles. The van der Waals surface area contributed by atoms with Crippen molar-refractivity contribution in [3.8, 4) is 0 Å². The number of halogens is 1. The first-order valence-electron chi connectivity index (χ1n) is 5.78. The zero-order valence-electron chi connectivity index (χ0n) is 11.1. The van der Waals surface area contributed by atoms with Crippen LogP contribution in [0.2, 0.25) is 0 Å². The number of carbonyl (C=O) groups excluding carboxylic acids is 2. The van der Waals surface area contributed by atoms with E-state index in [1.165, 1.54) is 13.2 Å². The van der Waals surface area contributed by atoms with Gasteiger partial charge in [-0.3, -0.25) is 15.0 Å². The Balaban J connectivity index is 2.62. The molecule has 0 aromatic heterocycles. The molecule has 0 unspecified atom stereocenters. The highest BCUT2D eigenvalue weighted by Gasteiger charge is 2.21. The minimum absolute atomic E-state index is 0.266. The van der Waals surface area contributed by atoms with Crippen LogP contribution in [-0.4, -0.2) is 37.1 Å². The van der Waals surface area contributed by atoms with Gasteiger partial charge in [-0.1, -0.05) is 18.2 Å². The van der Waals surface area contributed by atoms with Crippen molar-refractivity contribution in [3.63, 3.8) is 0 Å². The molecule has 0 bridgehead atoms. The molecule has 0 aliphatic heterocycles. The molecule has 104 valence electrons. The second-order valence-electron chi connectivity index (χ2n) is 4.16. The Labute approximate surface area is 111 Å². The predicted molar refractivity (Wildman–Crippen MR) is 67.9 cm³/mol. The molecule has 0 spiro atoms. The Bertz CT molecular complexity index is 465. The van der Waals surface area contributed by atoms with Crippen molar-refractivity contribution < 1.29 is 18.7 Å². The molecule has 19 heavy (non-hydrogen) atoms. The first-order valence-corrected chi connectivity index (χ1v) is 5.78. The number of ether oxygens (including phenoxy) is 1. The number of hydrogen-bond acceptors (Lipinski definition) is 4. The van der Waals surface area contributed by atoms with E-state index in [-0.39, 0.29) is 12.4 Å². The highest BCUT2D eigenvalue weighted by Crippen LogP contribution is 2.10. The first-order chi connectivity index (χ1) is 8.95. The number of nitrogens with one attached hydrogen (secondary N) is 1. The average molecular weight is 268 g/mol. The predicted octanol–water partition coefficient (Wildman–Crippen LogP) is 1.53. The van der Waals surface area contributed by atoms with Crippen LogP contribution in [0, 0.1) is 5.82 Å². The fourth-order valence-corrected chi connectivity index (χ4v) is 1.49. The third kappa shape index (κ3) is 4.33. The topological polar surface area (TPSA) is 58.6 Å². The van der Waals surface area contributed by atoms with Crippen LogP contribution in [0.5, 0.6) is 0 Å². The van der Waals surface area contributed by atoms with Gasteiger partial charge in [0.25, 0.3) is 0 Å². The lowest BCUT2D eigenvalue weighted by Crippen LogP contribution is -2.45. The van der Waals surface area contributed by atoms with Gasteiger partial charge in [-0.25, -0.2) is 9.18 Å². The molecule has 0 saturated carbocycles. The summed E-state index contributed by atoms with van der Waals surface area (Å²) >= 11 is 0. The SMILES string of the molecule is COC(=O)NC(=O)[C@H](C)N(C)Cc1ccccc1F. The van der Waals surface area contributed by atoms with E-state index in [0.717, 1.165) is 0 Å². The van der Waals surface area contributed by atoms with Gasteiger partial charge in [-0.05, 0) is 20.0 Å². The largest absolute Gasteiger partial charge is 0.453 e. The second-order valence-corrected chi connectivity index (χ2v) is 4.16. The normalized spacial score (nSPS) is 12.1. The number of rotatable bonds is 4. The summed E-state index contributed by atoms with van der Waals surface area (Å²) in [6.45, 7) is 1.89. The van der Waals surface area contributed by atoms with Gasteiger partial charge in [0.15, 0.2) is 0 Å². The Morgan fingerprint density at radius 2 is 2.05 bits per heavy atom. The molecular formula is C13H17FN2O3. The van der Waals surface area contributed by atoms with Gasteiger partial charge >= 0.3 is 6.09 Å². The molecule has 0 radical (unpaired) electrons. The van der Waals surface area contributed by atoms with Crippen molar-refractivity contribution in [2.24, 2.45) is 0 Å². The number of likely N-dealkylation sites (N-methyl/N-ethyl adjacent to an activating group) is 1. The Morgan fingerprint density at radius 3 is 2.63 bits per heavy atom. The Hall–Kier alpha value is -1.95. The molecule has 1 rings (SSSR count). The summed E-state index contributed by atoms with van der Waals surface area (Å²) in [5, 5.41) is 2.08. The van der Waals surface area contributed by atoms with Crippen molar-refractivity contribution in [1.82, 2.24) is 10.2 Å². The van der Waals surface area contributed by atoms with E-state index >= 15 is 0 Å². The van der Waals surface area contributed by atoms with Crippen LogP contribution in [0.3, 0.4) is 0 Å². The molecule has 0 saturated heterocycles. The van der Waals surface area contributed by atoms with Gasteiger partial charge in [-0.2, -0.15) is 0 Å². The molecule has 5 nitrogen and oxygen atoms in total. The summed E-state index contributed by atoms with van der Waals surface area (Å²) in [6, 6.07) is 5.76. The first kappa shape index (κ1) is 15.1. The van der Waals surface area contributed by atoms with Crippen molar-refractivity contribution in [2.45, 2.75) is 19.5 Å². The van der Waals surface area contributed by atoms with Gasteiger partial charge in [0.1, 0.15) is 5.82 Å². The molecule has 0 heterocycles. The molecule has 6 heteroatoms. The van der Waals surface area contributed by atoms with Gasteiger partial charge in [0.2, 0.25) is 5.91 Å². The molecule has 1 aromatic rings. The fourth-order valence-electron chi connectivity index (χ4n) is 1.49. The summed E-state index contributed by atoms with van der Waals surface area (Å²) < 4.78 is 17.8. The van der Waals surface area contributed by atoms with Gasteiger partial charge < -0.3 is 4.74 Å². The number of amides is 2. The second kappa shape index (κ2) is 6.84. The number of carbonyl (C=O) groups is 2. The lowest BCUT2D eigenvalue weighted by atomic mass is 10.1. The number of alkyl carbamates (subject to hydrolysis) is 1. The zero-order chi connectivity index (χ0) is 14.4.